The topological polar surface area (TPSA) is 95.3 Å². The van der Waals surface area contributed by atoms with Crippen LogP contribution in [0.15, 0.2) is 6.20 Å². The van der Waals surface area contributed by atoms with Crippen molar-refractivity contribution >= 4 is 11.5 Å². The molecule has 0 aromatic carbocycles. The predicted molar refractivity (Wildman–Crippen MR) is 59.4 cm³/mol. The van der Waals surface area contributed by atoms with Crippen LogP contribution in [0.4, 0.5) is 11.5 Å². The highest BCUT2D eigenvalue weighted by atomic mass is 16.6. The number of aliphatic hydroxyl groups is 1. The molecule has 0 amide bonds. The van der Waals surface area contributed by atoms with Gasteiger partial charge in [-0.3, -0.25) is 0 Å². The lowest BCUT2D eigenvalue weighted by atomic mass is 10.2. The van der Waals surface area contributed by atoms with Crippen LogP contribution in [-0.4, -0.2) is 39.4 Å². The molecule has 0 unspecified atom stereocenters. The molecule has 7 heteroatoms. The molecule has 0 atom stereocenters. The van der Waals surface area contributed by atoms with Crippen molar-refractivity contribution in [2.75, 3.05) is 18.1 Å². The van der Waals surface area contributed by atoms with Crippen LogP contribution in [0.25, 0.3) is 0 Å². The standard InChI is InChI=1S/C9H16N4O3/c1-7(2)12(4-3-5-14)8-6-10-11-9(8)13(15)16/h6-7,14H,3-5H2,1-2H3,(H,10,11). The monoisotopic (exact) mass is 228 g/mol. The molecule has 0 aliphatic rings. The van der Waals surface area contributed by atoms with Crippen LogP contribution in [-0.2, 0) is 0 Å². The van der Waals surface area contributed by atoms with E-state index in [4.69, 9.17) is 5.11 Å². The second kappa shape index (κ2) is 5.45. The fourth-order valence-electron chi connectivity index (χ4n) is 1.52. The van der Waals surface area contributed by atoms with Crippen LogP contribution in [0.1, 0.15) is 20.3 Å². The SMILES string of the molecule is CC(C)N(CCCO)c1cn[nH]c1[N+](=O)[O-]. The summed E-state index contributed by atoms with van der Waals surface area (Å²) >= 11 is 0. The molecule has 7 nitrogen and oxygen atoms in total. The highest BCUT2D eigenvalue weighted by Crippen LogP contribution is 2.26. The number of H-pyrrole nitrogens is 1. The van der Waals surface area contributed by atoms with Crippen molar-refractivity contribution in [1.29, 1.82) is 0 Å². The van der Waals surface area contributed by atoms with E-state index in [0.29, 0.717) is 18.7 Å². The van der Waals surface area contributed by atoms with Crippen LogP contribution in [0.5, 0.6) is 0 Å². The van der Waals surface area contributed by atoms with Crippen LogP contribution >= 0.6 is 0 Å². The molecule has 0 aliphatic carbocycles. The molecule has 0 aliphatic heterocycles. The summed E-state index contributed by atoms with van der Waals surface area (Å²) in [5, 5.41) is 25.6. The first-order chi connectivity index (χ1) is 7.57. The van der Waals surface area contributed by atoms with Crippen molar-refractivity contribution in [2.45, 2.75) is 26.3 Å². The Kier molecular flexibility index (Phi) is 4.24. The van der Waals surface area contributed by atoms with Gasteiger partial charge in [0.1, 0.15) is 6.20 Å². The number of hydrogen-bond donors (Lipinski definition) is 2. The first kappa shape index (κ1) is 12.4. The largest absolute Gasteiger partial charge is 0.396 e. The van der Waals surface area contributed by atoms with Crippen LogP contribution in [0, 0.1) is 10.1 Å². The number of nitrogens with zero attached hydrogens (tertiary/aromatic N) is 3. The smallest absolute Gasteiger partial charge is 0.366 e. The molecule has 0 bridgehead atoms. The fraction of sp³-hybridized carbons (Fsp3) is 0.667. The van der Waals surface area contributed by atoms with Crippen LogP contribution < -0.4 is 4.90 Å². The Balaban J connectivity index is 2.92. The highest BCUT2D eigenvalue weighted by molar-refractivity contribution is 5.58. The zero-order valence-electron chi connectivity index (χ0n) is 9.38. The van der Waals surface area contributed by atoms with Gasteiger partial charge in [0, 0.05) is 19.2 Å². The molecule has 0 radical (unpaired) electrons. The Bertz CT molecular complexity index is 350. The van der Waals surface area contributed by atoms with E-state index in [2.05, 4.69) is 10.2 Å². The van der Waals surface area contributed by atoms with Crippen molar-refractivity contribution in [1.82, 2.24) is 10.2 Å². The molecule has 0 saturated heterocycles. The van der Waals surface area contributed by atoms with Crippen molar-refractivity contribution in [2.24, 2.45) is 0 Å². The van der Waals surface area contributed by atoms with E-state index < -0.39 is 4.92 Å². The van der Waals surface area contributed by atoms with Gasteiger partial charge in [-0.05, 0) is 25.2 Å². The Morgan fingerprint density at radius 1 is 1.69 bits per heavy atom. The van der Waals surface area contributed by atoms with Gasteiger partial charge in [0.2, 0.25) is 0 Å². The van der Waals surface area contributed by atoms with Gasteiger partial charge < -0.3 is 20.1 Å². The third-order valence-corrected chi connectivity index (χ3v) is 2.27. The number of nitrogens with one attached hydrogen (secondary N) is 1. The third kappa shape index (κ3) is 2.69. The normalized spacial score (nSPS) is 10.8. The van der Waals surface area contributed by atoms with Gasteiger partial charge >= 0.3 is 5.82 Å². The summed E-state index contributed by atoms with van der Waals surface area (Å²) in [4.78, 5) is 12.1. The number of anilines is 1. The lowest BCUT2D eigenvalue weighted by Crippen LogP contribution is -2.32. The summed E-state index contributed by atoms with van der Waals surface area (Å²) < 4.78 is 0. The third-order valence-electron chi connectivity index (χ3n) is 2.27. The molecular weight excluding hydrogens is 212 g/mol. The van der Waals surface area contributed by atoms with Crippen molar-refractivity contribution in [3.8, 4) is 0 Å². The van der Waals surface area contributed by atoms with Crippen LogP contribution in [0.3, 0.4) is 0 Å². The minimum Gasteiger partial charge on any atom is -0.396 e. The molecule has 1 rings (SSSR count). The Morgan fingerprint density at radius 3 is 2.88 bits per heavy atom. The fourth-order valence-corrected chi connectivity index (χ4v) is 1.52. The van der Waals surface area contributed by atoms with Crippen molar-refractivity contribution in [3.63, 3.8) is 0 Å². The van der Waals surface area contributed by atoms with Gasteiger partial charge in [0.15, 0.2) is 5.69 Å². The number of aromatic nitrogens is 2. The van der Waals surface area contributed by atoms with Gasteiger partial charge in [-0.1, -0.05) is 5.10 Å². The molecule has 0 saturated carbocycles. The van der Waals surface area contributed by atoms with E-state index >= 15 is 0 Å². The molecule has 1 aromatic rings. The van der Waals surface area contributed by atoms with E-state index in [-0.39, 0.29) is 18.5 Å². The van der Waals surface area contributed by atoms with E-state index in [1.165, 1.54) is 6.20 Å². The quantitative estimate of drug-likeness (QED) is 0.557. The van der Waals surface area contributed by atoms with Gasteiger partial charge in [-0.25, -0.2) is 0 Å². The molecule has 2 N–H and O–H groups in total. The Labute approximate surface area is 93.2 Å². The molecular formula is C9H16N4O3. The summed E-state index contributed by atoms with van der Waals surface area (Å²) in [5.74, 6) is -0.105. The molecule has 16 heavy (non-hydrogen) atoms. The number of nitro groups is 1. The zero-order chi connectivity index (χ0) is 12.1. The first-order valence-corrected chi connectivity index (χ1v) is 5.13. The van der Waals surface area contributed by atoms with Crippen molar-refractivity contribution in [3.05, 3.63) is 16.3 Å². The average Bonchev–Trinajstić information content (AvgIpc) is 2.66. The molecule has 0 fully saturated rings. The minimum absolute atomic E-state index is 0.0644. The maximum Gasteiger partial charge on any atom is 0.366 e. The number of aliphatic hydroxyl groups excluding tert-OH is 1. The van der Waals surface area contributed by atoms with Crippen molar-refractivity contribution < 1.29 is 10.0 Å². The number of rotatable bonds is 6. The molecule has 1 heterocycles. The van der Waals surface area contributed by atoms with E-state index in [0.717, 1.165) is 0 Å². The summed E-state index contributed by atoms with van der Waals surface area (Å²) in [7, 11) is 0. The predicted octanol–water partition coefficient (Wildman–Crippen LogP) is 0.915. The molecule has 1 aromatic heterocycles. The summed E-state index contributed by atoms with van der Waals surface area (Å²) in [6.07, 6.45) is 2.01. The second-order valence-corrected chi connectivity index (χ2v) is 3.73. The summed E-state index contributed by atoms with van der Waals surface area (Å²) in [5.41, 5.74) is 0.466. The summed E-state index contributed by atoms with van der Waals surface area (Å²) in [6, 6.07) is 0.114. The van der Waals surface area contributed by atoms with Gasteiger partial charge in [-0.2, -0.15) is 0 Å². The zero-order valence-corrected chi connectivity index (χ0v) is 9.38. The van der Waals surface area contributed by atoms with E-state index in [1.54, 1.807) is 0 Å². The lowest BCUT2D eigenvalue weighted by molar-refractivity contribution is -0.388. The Morgan fingerprint density at radius 2 is 2.38 bits per heavy atom. The molecule has 0 spiro atoms. The number of hydrogen-bond acceptors (Lipinski definition) is 5. The Hall–Kier alpha value is -1.63. The van der Waals surface area contributed by atoms with Gasteiger partial charge in [0.05, 0.1) is 0 Å². The molecule has 90 valence electrons. The van der Waals surface area contributed by atoms with Crippen LogP contribution in [0.2, 0.25) is 0 Å². The second-order valence-electron chi connectivity index (χ2n) is 3.73. The number of aromatic amines is 1. The van der Waals surface area contributed by atoms with Gasteiger partial charge in [0.25, 0.3) is 0 Å². The highest BCUT2D eigenvalue weighted by Gasteiger charge is 2.22. The first-order valence-electron chi connectivity index (χ1n) is 5.13. The minimum atomic E-state index is -0.489. The maximum atomic E-state index is 10.7. The lowest BCUT2D eigenvalue weighted by Gasteiger charge is -2.26. The summed E-state index contributed by atoms with van der Waals surface area (Å²) in [6.45, 7) is 4.51. The maximum absolute atomic E-state index is 10.7. The van der Waals surface area contributed by atoms with E-state index in [1.807, 2.05) is 18.7 Å². The average molecular weight is 228 g/mol. The van der Waals surface area contributed by atoms with E-state index in [9.17, 15) is 10.1 Å². The van der Waals surface area contributed by atoms with Gasteiger partial charge in [-0.15, -0.1) is 5.10 Å².